The second kappa shape index (κ2) is 7.45. The molecular weight excluding hydrogens is 369 g/mol. The Bertz CT molecular complexity index is 750. The Morgan fingerprint density at radius 3 is 2.08 bits per heavy atom. The molecule has 1 N–H and O–H groups in total. The highest BCUT2D eigenvalue weighted by atomic mass is 35.5. The Labute approximate surface area is 146 Å². The first kappa shape index (κ1) is 19.3. The van der Waals surface area contributed by atoms with Gasteiger partial charge in [0.1, 0.15) is 6.10 Å². The molecule has 1 saturated heterocycles. The van der Waals surface area contributed by atoms with Crippen LogP contribution in [0.1, 0.15) is 0 Å². The minimum atomic E-state index is -4.90. The predicted octanol–water partition coefficient (Wildman–Crippen LogP) is 4.30. The van der Waals surface area contributed by atoms with Crippen molar-refractivity contribution in [1.82, 2.24) is 5.32 Å². The number of halogens is 6. The molecule has 2 aromatic rings. The number of rotatable bonds is 4. The summed E-state index contributed by atoms with van der Waals surface area (Å²) < 4.78 is 73.6. The van der Waals surface area contributed by atoms with E-state index in [0.717, 1.165) is 18.2 Å². The number of benzene rings is 2. The van der Waals surface area contributed by atoms with Crippen LogP contribution in [-0.2, 0) is 0 Å². The lowest BCUT2D eigenvalue weighted by molar-refractivity contribution is -0.275. The molecule has 1 aliphatic rings. The van der Waals surface area contributed by atoms with Crippen molar-refractivity contribution in [1.29, 1.82) is 0 Å². The van der Waals surface area contributed by atoms with E-state index in [1.165, 1.54) is 18.2 Å². The van der Waals surface area contributed by atoms with Gasteiger partial charge in [-0.1, -0.05) is 12.1 Å². The summed E-state index contributed by atoms with van der Waals surface area (Å²) >= 11 is 0. The van der Waals surface area contributed by atoms with Crippen molar-refractivity contribution in [2.75, 3.05) is 13.1 Å². The maximum Gasteiger partial charge on any atom is 0.573 e. The average molecular weight is 382 g/mol. The van der Waals surface area contributed by atoms with E-state index < -0.39 is 23.7 Å². The van der Waals surface area contributed by atoms with E-state index in [4.69, 9.17) is 4.74 Å². The van der Waals surface area contributed by atoms with Crippen LogP contribution < -0.4 is 14.8 Å². The van der Waals surface area contributed by atoms with Crippen molar-refractivity contribution in [3.63, 3.8) is 0 Å². The molecule has 9 heteroatoms. The predicted molar refractivity (Wildman–Crippen MR) is 83.0 cm³/mol. The second-order valence-corrected chi connectivity index (χ2v) is 5.24. The van der Waals surface area contributed by atoms with Gasteiger partial charge in [-0.2, -0.15) is 0 Å². The van der Waals surface area contributed by atoms with Gasteiger partial charge in [-0.25, -0.2) is 8.78 Å². The van der Waals surface area contributed by atoms with Crippen LogP contribution in [0.15, 0.2) is 36.4 Å². The topological polar surface area (TPSA) is 30.5 Å². The molecule has 1 heterocycles. The quantitative estimate of drug-likeness (QED) is 0.801. The van der Waals surface area contributed by atoms with E-state index in [-0.39, 0.29) is 35.4 Å². The molecule has 0 amide bonds. The fourth-order valence-electron chi connectivity index (χ4n) is 2.19. The fraction of sp³-hybridized carbons (Fsp3) is 0.250. The number of alkyl halides is 3. The zero-order valence-corrected chi connectivity index (χ0v) is 13.4. The maximum atomic E-state index is 13.3. The van der Waals surface area contributed by atoms with Crippen LogP contribution in [-0.4, -0.2) is 25.6 Å². The first-order chi connectivity index (χ1) is 11.3. The zero-order chi connectivity index (χ0) is 17.3. The summed E-state index contributed by atoms with van der Waals surface area (Å²) in [5.74, 6) is -2.73. The molecule has 3 rings (SSSR count). The third kappa shape index (κ3) is 4.73. The molecule has 0 spiro atoms. The van der Waals surface area contributed by atoms with Gasteiger partial charge in [-0.05, 0) is 35.4 Å². The van der Waals surface area contributed by atoms with Gasteiger partial charge < -0.3 is 14.8 Å². The lowest BCUT2D eigenvalue weighted by Gasteiger charge is -2.28. The highest BCUT2D eigenvalue weighted by molar-refractivity contribution is 5.85. The van der Waals surface area contributed by atoms with E-state index in [2.05, 4.69) is 10.1 Å². The minimum Gasteiger partial charge on any atom is -0.484 e. The smallest absolute Gasteiger partial charge is 0.484 e. The monoisotopic (exact) mass is 381 g/mol. The summed E-state index contributed by atoms with van der Waals surface area (Å²) in [6.45, 7) is 1.05. The normalized spacial score (nSPS) is 14.4. The summed E-state index contributed by atoms with van der Waals surface area (Å²) in [6, 6.07) is 6.92. The molecule has 0 saturated carbocycles. The van der Waals surface area contributed by atoms with E-state index >= 15 is 0 Å². The van der Waals surface area contributed by atoms with Crippen LogP contribution in [0.3, 0.4) is 0 Å². The van der Waals surface area contributed by atoms with E-state index in [1.54, 1.807) is 0 Å². The van der Waals surface area contributed by atoms with Crippen LogP contribution in [0.25, 0.3) is 11.1 Å². The third-order valence-corrected chi connectivity index (χ3v) is 3.46. The molecule has 1 aliphatic heterocycles. The van der Waals surface area contributed by atoms with Gasteiger partial charge in [0.05, 0.1) is 0 Å². The van der Waals surface area contributed by atoms with E-state index in [9.17, 15) is 22.0 Å². The van der Waals surface area contributed by atoms with E-state index in [1.807, 2.05) is 0 Å². The number of hydrogen-bond acceptors (Lipinski definition) is 3. The summed E-state index contributed by atoms with van der Waals surface area (Å²) in [4.78, 5) is 0. The molecule has 0 aliphatic carbocycles. The Balaban J connectivity index is 0.00000225. The van der Waals surface area contributed by atoms with Gasteiger partial charge in [0.15, 0.2) is 23.1 Å². The molecule has 0 bridgehead atoms. The SMILES string of the molecule is Cl.Fc1ccc(-c2ccc(OC3CNC3)c(OC(F)(F)F)c2)cc1F. The third-order valence-electron chi connectivity index (χ3n) is 3.46. The standard InChI is InChI=1S/C16H12F5NO2.ClH/c17-12-3-1-9(5-13(12)18)10-2-4-14(23-11-7-22-8-11)15(6-10)24-16(19,20)21;/h1-6,11,22H,7-8H2;1H. The molecule has 3 nitrogen and oxygen atoms in total. The van der Waals surface area contributed by atoms with Crippen LogP contribution >= 0.6 is 12.4 Å². The molecule has 1 fully saturated rings. The van der Waals surface area contributed by atoms with Crippen LogP contribution in [0, 0.1) is 11.6 Å². The molecule has 0 radical (unpaired) electrons. The largest absolute Gasteiger partial charge is 0.573 e. The number of ether oxygens (including phenoxy) is 2. The van der Waals surface area contributed by atoms with Gasteiger partial charge in [0.2, 0.25) is 0 Å². The van der Waals surface area contributed by atoms with Crippen molar-refractivity contribution in [3.8, 4) is 22.6 Å². The molecule has 0 unspecified atom stereocenters. The van der Waals surface area contributed by atoms with Gasteiger partial charge in [0.25, 0.3) is 0 Å². The molecule has 0 atom stereocenters. The summed E-state index contributed by atoms with van der Waals surface area (Å²) in [7, 11) is 0. The number of hydrogen-bond donors (Lipinski definition) is 1. The molecule has 2 aromatic carbocycles. The molecule has 0 aromatic heterocycles. The Kier molecular flexibility index (Phi) is 5.74. The van der Waals surface area contributed by atoms with Crippen molar-refractivity contribution in [2.24, 2.45) is 0 Å². The Hall–Kier alpha value is -2.06. The van der Waals surface area contributed by atoms with Crippen LogP contribution in [0.2, 0.25) is 0 Å². The summed E-state index contributed by atoms with van der Waals surface area (Å²) in [5.41, 5.74) is 0.463. The molecule has 136 valence electrons. The summed E-state index contributed by atoms with van der Waals surface area (Å²) in [5, 5.41) is 2.93. The highest BCUT2D eigenvalue weighted by Gasteiger charge is 2.33. The van der Waals surface area contributed by atoms with Gasteiger partial charge in [-0.15, -0.1) is 25.6 Å². The second-order valence-electron chi connectivity index (χ2n) is 5.24. The molecular formula is C16H13ClF5NO2. The Morgan fingerprint density at radius 1 is 0.880 bits per heavy atom. The average Bonchev–Trinajstić information content (AvgIpc) is 2.45. The highest BCUT2D eigenvalue weighted by Crippen LogP contribution is 2.37. The number of nitrogens with one attached hydrogen (secondary N) is 1. The minimum absolute atomic E-state index is 0. The van der Waals surface area contributed by atoms with Crippen molar-refractivity contribution < 1.29 is 31.4 Å². The van der Waals surface area contributed by atoms with Crippen LogP contribution in [0.4, 0.5) is 22.0 Å². The zero-order valence-electron chi connectivity index (χ0n) is 12.6. The van der Waals surface area contributed by atoms with Gasteiger partial charge >= 0.3 is 6.36 Å². The lowest BCUT2D eigenvalue weighted by Crippen LogP contribution is -2.50. The van der Waals surface area contributed by atoms with Gasteiger partial charge in [-0.3, -0.25) is 0 Å². The Morgan fingerprint density at radius 2 is 1.52 bits per heavy atom. The van der Waals surface area contributed by atoms with Crippen molar-refractivity contribution in [3.05, 3.63) is 48.0 Å². The fourth-order valence-corrected chi connectivity index (χ4v) is 2.19. The first-order valence-electron chi connectivity index (χ1n) is 7.04. The summed E-state index contributed by atoms with van der Waals surface area (Å²) in [6.07, 6.45) is -5.14. The van der Waals surface area contributed by atoms with Crippen LogP contribution in [0.5, 0.6) is 11.5 Å². The lowest BCUT2D eigenvalue weighted by atomic mass is 10.0. The molecule has 25 heavy (non-hydrogen) atoms. The maximum absolute atomic E-state index is 13.3. The van der Waals surface area contributed by atoms with Crippen molar-refractivity contribution in [2.45, 2.75) is 12.5 Å². The first-order valence-corrected chi connectivity index (χ1v) is 7.04. The van der Waals surface area contributed by atoms with Crippen molar-refractivity contribution >= 4 is 12.4 Å². The van der Waals surface area contributed by atoms with Gasteiger partial charge in [0, 0.05) is 13.1 Å². The van der Waals surface area contributed by atoms with E-state index in [0.29, 0.717) is 13.1 Å².